The van der Waals surface area contributed by atoms with Crippen molar-refractivity contribution < 1.29 is 0 Å². The summed E-state index contributed by atoms with van der Waals surface area (Å²) < 4.78 is 3.09. The van der Waals surface area contributed by atoms with Crippen LogP contribution < -0.4 is 5.32 Å². The molecule has 0 amide bonds. The van der Waals surface area contributed by atoms with Crippen molar-refractivity contribution in [2.24, 2.45) is 4.51 Å². The summed E-state index contributed by atoms with van der Waals surface area (Å²) in [5, 5.41) is 2.59. The first-order valence-corrected chi connectivity index (χ1v) is 1.55. The zero-order valence-corrected chi connectivity index (χ0v) is 3.66. The Morgan fingerprint density at radius 1 is 2.00 bits per heavy atom. The lowest BCUT2D eigenvalue weighted by Crippen LogP contribution is -1.98. The zero-order valence-electron chi connectivity index (χ0n) is 2.90. The molecule has 0 aliphatic carbocycles. The summed E-state index contributed by atoms with van der Waals surface area (Å²) in [7, 11) is 1.73. The summed E-state index contributed by atoms with van der Waals surface area (Å²) in [6, 6.07) is 0. The number of nitrogens with one attached hydrogen (secondary N) is 1. The Morgan fingerprint density at radius 2 is 2.60 bits per heavy atom. The average Bonchev–Trinajstić information content (AvgIpc) is 1.41. The van der Waals surface area contributed by atoms with Crippen LogP contribution in [0.25, 0.3) is 0 Å². The Balaban J connectivity index is 2.62. The predicted molar refractivity (Wildman–Crippen MR) is 23.4 cm³/mol. The van der Waals surface area contributed by atoms with Crippen molar-refractivity contribution in [1.82, 2.24) is 5.32 Å². The maximum absolute atomic E-state index is 4.81. The van der Waals surface area contributed by atoms with E-state index in [9.17, 15) is 0 Å². The van der Waals surface area contributed by atoms with Gasteiger partial charge in [-0.1, -0.05) is 0 Å². The van der Waals surface area contributed by atoms with Gasteiger partial charge in [0.2, 0.25) is 0 Å². The Bertz CT molecular complexity index is 34.6. The lowest BCUT2D eigenvalue weighted by atomic mass is 11.2. The first kappa shape index (κ1) is 4.76. The van der Waals surface area contributed by atoms with Gasteiger partial charge in [-0.3, -0.25) is 0 Å². The molecule has 0 aromatic carbocycles. The normalized spacial score (nSPS) is 9.20. The van der Waals surface area contributed by atoms with Crippen molar-refractivity contribution in [2.75, 3.05) is 7.05 Å². The third kappa shape index (κ3) is 3.76. The fourth-order valence-corrected chi connectivity index (χ4v) is 0.146. The lowest BCUT2D eigenvalue weighted by Gasteiger charge is -1.72. The van der Waals surface area contributed by atoms with Crippen LogP contribution in [0.3, 0.4) is 0 Å². The summed E-state index contributed by atoms with van der Waals surface area (Å²) in [5.74, 6) is 0. The number of hydrogen-bond donors (Lipinski definition) is 1. The summed E-state index contributed by atoms with van der Waals surface area (Å²) in [4.78, 5) is 0. The first-order chi connectivity index (χ1) is 2.41. The van der Waals surface area contributed by atoms with Crippen LogP contribution in [0.1, 0.15) is 0 Å². The van der Waals surface area contributed by atoms with E-state index >= 15 is 0 Å². The molecule has 0 saturated carbocycles. The van der Waals surface area contributed by atoms with Gasteiger partial charge in [-0.05, 0) is 0 Å². The van der Waals surface area contributed by atoms with Gasteiger partial charge < -0.3 is 5.32 Å². The van der Waals surface area contributed by atoms with Gasteiger partial charge in [0.1, 0.15) is 6.34 Å². The standard InChI is InChI=1S/C2H5ClN2/c1-4-2-5-3/h2H,1H3,(H,4,5). The minimum absolute atomic E-state index is 1.39. The quantitative estimate of drug-likeness (QED) is 0.367. The van der Waals surface area contributed by atoms with Gasteiger partial charge in [0.25, 0.3) is 0 Å². The van der Waals surface area contributed by atoms with Crippen LogP contribution in [-0.2, 0) is 0 Å². The van der Waals surface area contributed by atoms with E-state index in [0.29, 0.717) is 0 Å². The van der Waals surface area contributed by atoms with E-state index in [-0.39, 0.29) is 0 Å². The highest BCUT2D eigenvalue weighted by Gasteiger charge is 1.48. The van der Waals surface area contributed by atoms with Gasteiger partial charge in [0, 0.05) is 18.8 Å². The van der Waals surface area contributed by atoms with Crippen molar-refractivity contribution in [2.45, 2.75) is 0 Å². The second kappa shape index (κ2) is 3.76. The highest BCUT2D eigenvalue weighted by molar-refractivity contribution is 6.17. The maximum atomic E-state index is 4.81. The van der Waals surface area contributed by atoms with Crippen molar-refractivity contribution in [3.8, 4) is 0 Å². The van der Waals surface area contributed by atoms with Crippen molar-refractivity contribution in [1.29, 1.82) is 0 Å². The SMILES string of the molecule is CNC=NCl. The van der Waals surface area contributed by atoms with Crippen LogP contribution in [0.4, 0.5) is 0 Å². The molecule has 1 N–H and O–H groups in total. The van der Waals surface area contributed by atoms with Gasteiger partial charge in [-0.15, -0.1) is 0 Å². The van der Waals surface area contributed by atoms with E-state index in [1.807, 2.05) is 0 Å². The molecular weight excluding hydrogens is 87.5 g/mol. The van der Waals surface area contributed by atoms with E-state index < -0.39 is 0 Å². The molecule has 0 fully saturated rings. The highest BCUT2D eigenvalue weighted by atomic mass is 35.5. The van der Waals surface area contributed by atoms with Crippen LogP contribution >= 0.6 is 11.8 Å². The van der Waals surface area contributed by atoms with E-state index in [2.05, 4.69) is 9.83 Å². The molecule has 0 radical (unpaired) electrons. The molecule has 0 unspecified atom stereocenters. The Morgan fingerprint density at radius 3 is 2.60 bits per heavy atom. The van der Waals surface area contributed by atoms with Crippen molar-refractivity contribution >= 4 is 18.1 Å². The van der Waals surface area contributed by atoms with Crippen LogP contribution in [0.2, 0.25) is 0 Å². The Kier molecular flexibility index (Phi) is 3.58. The smallest absolute Gasteiger partial charge is 0.103 e. The number of nitrogens with zero attached hydrogens (tertiary/aromatic N) is 1. The third-order valence-electron chi connectivity index (χ3n) is 0.178. The predicted octanol–water partition coefficient (Wildman–Crippen LogP) is 0.388. The van der Waals surface area contributed by atoms with E-state index in [1.165, 1.54) is 6.34 Å². The molecule has 5 heavy (non-hydrogen) atoms. The monoisotopic (exact) mass is 92.0 g/mol. The molecule has 0 atom stereocenters. The van der Waals surface area contributed by atoms with Crippen molar-refractivity contribution in [3.63, 3.8) is 0 Å². The second-order valence-electron chi connectivity index (χ2n) is 0.515. The third-order valence-corrected chi connectivity index (χ3v) is 0.275. The Hall–Kier alpha value is -0.240. The molecule has 0 saturated heterocycles. The fourth-order valence-electron chi connectivity index (χ4n) is 0.0488. The van der Waals surface area contributed by atoms with Gasteiger partial charge in [0.15, 0.2) is 0 Å². The molecule has 0 bridgehead atoms. The number of rotatable bonds is 1. The summed E-state index contributed by atoms with van der Waals surface area (Å²) >= 11 is 4.81. The minimum Gasteiger partial charge on any atom is -0.378 e. The molecule has 3 heteroatoms. The number of halogens is 1. The first-order valence-electron chi connectivity index (χ1n) is 1.22. The van der Waals surface area contributed by atoms with Crippen LogP contribution in [0.5, 0.6) is 0 Å². The van der Waals surface area contributed by atoms with Crippen molar-refractivity contribution in [3.05, 3.63) is 0 Å². The minimum atomic E-state index is 1.39. The Labute approximate surface area is 36.0 Å². The lowest BCUT2D eigenvalue weighted by molar-refractivity contribution is 1.22. The summed E-state index contributed by atoms with van der Waals surface area (Å²) in [6.45, 7) is 0. The molecule has 0 heterocycles. The molecule has 2 nitrogen and oxygen atoms in total. The summed E-state index contributed by atoms with van der Waals surface area (Å²) in [6.07, 6.45) is 1.39. The molecule has 0 aromatic heterocycles. The van der Waals surface area contributed by atoms with Crippen LogP contribution in [0.15, 0.2) is 4.51 Å². The molecule has 0 rings (SSSR count). The largest absolute Gasteiger partial charge is 0.378 e. The molecule has 30 valence electrons. The van der Waals surface area contributed by atoms with Gasteiger partial charge in [-0.25, -0.2) is 0 Å². The zero-order chi connectivity index (χ0) is 4.12. The second-order valence-corrected chi connectivity index (χ2v) is 0.711. The molecular formula is C2H5ClN2. The van der Waals surface area contributed by atoms with E-state index in [0.717, 1.165) is 0 Å². The molecule has 0 aliphatic rings. The van der Waals surface area contributed by atoms with Crippen LogP contribution in [0, 0.1) is 0 Å². The average molecular weight is 92.5 g/mol. The van der Waals surface area contributed by atoms with Gasteiger partial charge in [0.05, 0.1) is 0 Å². The highest BCUT2D eigenvalue weighted by Crippen LogP contribution is 1.63. The maximum Gasteiger partial charge on any atom is 0.103 e. The fraction of sp³-hybridized carbons (Fsp3) is 0.500. The molecule has 0 aromatic rings. The van der Waals surface area contributed by atoms with Crippen LogP contribution in [-0.4, -0.2) is 13.4 Å². The molecule has 0 spiro atoms. The van der Waals surface area contributed by atoms with E-state index in [1.54, 1.807) is 7.05 Å². The number of hydrogen-bond acceptors (Lipinski definition) is 1. The topological polar surface area (TPSA) is 24.4 Å². The van der Waals surface area contributed by atoms with E-state index in [4.69, 9.17) is 11.8 Å². The van der Waals surface area contributed by atoms with Gasteiger partial charge >= 0.3 is 0 Å². The molecule has 0 aliphatic heterocycles. The summed E-state index contributed by atoms with van der Waals surface area (Å²) in [5.41, 5.74) is 0. The van der Waals surface area contributed by atoms with Gasteiger partial charge in [-0.2, -0.15) is 4.51 Å².